The van der Waals surface area contributed by atoms with Crippen molar-refractivity contribution in [2.75, 3.05) is 7.05 Å². The fraction of sp³-hybridized carbons (Fsp3) is 1.00. The predicted octanol–water partition coefficient (Wildman–Crippen LogP) is 2.67. The Morgan fingerprint density at radius 2 is 2.00 bits per heavy atom. The Balaban J connectivity index is 2.47. The van der Waals surface area contributed by atoms with Gasteiger partial charge in [-0.2, -0.15) is 0 Å². The molecule has 0 spiro atoms. The topological polar surface area (TPSA) is 12.0 Å². The molecule has 1 nitrogen and oxygen atoms in total. The fourth-order valence-corrected chi connectivity index (χ4v) is 2.37. The van der Waals surface area contributed by atoms with Gasteiger partial charge in [0.2, 0.25) is 0 Å². The van der Waals surface area contributed by atoms with Crippen LogP contribution in [0.1, 0.15) is 32.6 Å². The summed E-state index contributed by atoms with van der Waals surface area (Å²) in [7, 11) is 1.64. The second-order valence-electron chi connectivity index (χ2n) is 4.18. The first-order valence-electron chi connectivity index (χ1n) is 5.10. The van der Waals surface area contributed by atoms with E-state index in [2.05, 4.69) is 12.2 Å². The monoisotopic (exact) mass is 191 g/mol. The lowest BCUT2D eigenvalue weighted by Crippen LogP contribution is -2.41. The Kier molecular flexibility index (Phi) is 4.10. The van der Waals surface area contributed by atoms with Crippen molar-refractivity contribution in [1.82, 2.24) is 5.32 Å². The van der Waals surface area contributed by atoms with Crippen LogP contribution in [0.3, 0.4) is 0 Å². The van der Waals surface area contributed by atoms with Gasteiger partial charge in [0.25, 0.3) is 6.43 Å². The number of rotatable bonds is 3. The lowest BCUT2D eigenvalue weighted by atomic mass is 9.79. The summed E-state index contributed by atoms with van der Waals surface area (Å²) in [4.78, 5) is 0. The lowest BCUT2D eigenvalue weighted by molar-refractivity contribution is 0.0550. The van der Waals surface area contributed by atoms with Crippen molar-refractivity contribution in [1.29, 1.82) is 0 Å². The highest BCUT2D eigenvalue weighted by atomic mass is 19.3. The zero-order valence-corrected chi connectivity index (χ0v) is 8.39. The molecule has 0 bridgehead atoms. The second kappa shape index (κ2) is 4.89. The third-order valence-electron chi connectivity index (χ3n) is 3.09. The average molecular weight is 191 g/mol. The predicted molar refractivity (Wildman–Crippen MR) is 50.0 cm³/mol. The summed E-state index contributed by atoms with van der Waals surface area (Å²) in [5.41, 5.74) is 0. The van der Waals surface area contributed by atoms with Crippen molar-refractivity contribution in [3.05, 3.63) is 0 Å². The molecule has 0 aromatic carbocycles. The van der Waals surface area contributed by atoms with Gasteiger partial charge in [-0.3, -0.25) is 0 Å². The van der Waals surface area contributed by atoms with E-state index >= 15 is 0 Å². The van der Waals surface area contributed by atoms with Crippen LogP contribution in [0.2, 0.25) is 0 Å². The van der Waals surface area contributed by atoms with Gasteiger partial charge in [0, 0.05) is 0 Å². The van der Waals surface area contributed by atoms with E-state index in [9.17, 15) is 8.78 Å². The van der Waals surface area contributed by atoms with Crippen molar-refractivity contribution < 1.29 is 8.78 Å². The Hall–Kier alpha value is -0.180. The van der Waals surface area contributed by atoms with Gasteiger partial charge >= 0.3 is 0 Å². The van der Waals surface area contributed by atoms with Crippen LogP contribution in [0.5, 0.6) is 0 Å². The Labute approximate surface area is 78.9 Å². The molecule has 1 fully saturated rings. The molecular formula is C10H19F2N. The highest BCUT2D eigenvalue weighted by Crippen LogP contribution is 2.32. The SMILES string of the molecule is CNC(C(F)F)C1CCCC(C)C1. The molecule has 3 unspecified atom stereocenters. The molecule has 0 amide bonds. The summed E-state index contributed by atoms with van der Waals surface area (Å²) in [6.45, 7) is 2.16. The number of alkyl halides is 2. The Morgan fingerprint density at radius 1 is 1.31 bits per heavy atom. The van der Waals surface area contributed by atoms with Crippen LogP contribution < -0.4 is 5.32 Å². The molecule has 13 heavy (non-hydrogen) atoms. The highest BCUT2D eigenvalue weighted by molar-refractivity contribution is 4.82. The molecule has 0 radical (unpaired) electrons. The number of hydrogen-bond acceptors (Lipinski definition) is 1. The average Bonchev–Trinajstić information content (AvgIpc) is 2.04. The molecule has 78 valence electrons. The molecule has 3 atom stereocenters. The minimum absolute atomic E-state index is 0.175. The van der Waals surface area contributed by atoms with E-state index in [-0.39, 0.29) is 5.92 Å². The summed E-state index contributed by atoms with van der Waals surface area (Å²) in [5.74, 6) is 0.794. The van der Waals surface area contributed by atoms with Gasteiger partial charge in [0.15, 0.2) is 0 Å². The van der Waals surface area contributed by atoms with Crippen molar-refractivity contribution in [2.24, 2.45) is 11.8 Å². The molecule has 3 heteroatoms. The van der Waals surface area contributed by atoms with Gasteiger partial charge < -0.3 is 5.32 Å². The van der Waals surface area contributed by atoms with E-state index < -0.39 is 12.5 Å². The molecule has 1 aliphatic carbocycles. The van der Waals surface area contributed by atoms with Crippen molar-refractivity contribution >= 4 is 0 Å². The van der Waals surface area contributed by atoms with E-state index in [1.54, 1.807) is 7.05 Å². The summed E-state index contributed by atoms with van der Waals surface area (Å²) in [5, 5.41) is 2.74. The van der Waals surface area contributed by atoms with Crippen LogP contribution in [-0.4, -0.2) is 19.5 Å². The van der Waals surface area contributed by atoms with E-state index in [1.165, 1.54) is 6.42 Å². The highest BCUT2D eigenvalue weighted by Gasteiger charge is 2.31. The molecule has 0 saturated heterocycles. The van der Waals surface area contributed by atoms with Crippen LogP contribution in [0, 0.1) is 11.8 Å². The van der Waals surface area contributed by atoms with Gasteiger partial charge in [0.1, 0.15) is 0 Å². The van der Waals surface area contributed by atoms with Gasteiger partial charge in [0.05, 0.1) is 6.04 Å². The summed E-state index contributed by atoms with van der Waals surface area (Å²) >= 11 is 0. The first-order valence-corrected chi connectivity index (χ1v) is 5.10. The largest absolute Gasteiger partial charge is 0.312 e. The second-order valence-corrected chi connectivity index (χ2v) is 4.18. The van der Waals surface area contributed by atoms with E-state index in [0.29, 0.717) is 5.92 Å². The number of nitrogens with one attached hydrogen (secondary N) is 1. The zero-order valence-electron chi connectivity index (χ0n) is 8.39. The lowest BCUT2D eigenvalue weighted by Gasteiger charge is -2.32. The molecule has 0 aromatic heterocycles. The summed E-state index contributed by atoms with van der Waals surface area (Å²) < 4.78 is 25.1. The van der Waals surface area contributed by atoms with E-state index in [0.717, 1.165) is 19.3 Å². The van der Waals surface area contributed by atoms with E-state index in [1.807, 2.05) is 0 Å². The normalized spacial score (nSPS) is 32.1. The van der Waals surface area contributed by atoms with Crippen LogP contribution in [0.25, 0.3) is 0 Å². The molecule has 0 aliphatic heterocycles. The Morgan fingerprint density at radius 3 is 2.46 bits per heavy atom. The van der Waals surface area contributed by atoms with Crippen molar-refractivity contribution in [2.45, 2.75) is 45.1 Å². The Bertz CT molecular complexity index is 150. The number of halogens is 2. The maximum absolute atomic E-state index is 12.5. The molecule has 1 rings (SSSR count). The van der Waals surface area contributed by atoms with Gasteiger partial charge in [-0.25, -0.2) is 8.78 Å². The molecule has 0 aromatic rings. The van der Waals surface area contributed by atoms with Crippen molar-refractivity contribution in [3.63, 3.8) is 0 Å². The minimum atomic E-state index is -2.22. The third kappa shape index (κ3) is 2.90. The van der Waals surface area contributed by atoms with E-state index in [4.69, 9.17) is 0 Å². The summed E-state index contributed by atoms with van der Waals surface area (Å²) in [6.07, 6.45) is 2.00. The number of hydrogen-bond donors (Lipinski definition) is 1. The maximum Gasteiger partial charge on any atom is 0.253 e. The molecule has 0 heterocycles. The maximum atomic E-state index is 12.5. The molecule has 1 saturated carbocycles. The van der Waals surface area contributed by atoms with Gasteiger partial charge in [-0.05, 0) is 31.7 Å². The fourth-order valence-electron chi connectivity index (χ4n) is 2.37. The van der Waals surface area contributed by atoms with Crippen LogP contribution >= 0.6 is 0 Å². The van der Waals surface area contributed by atoms with Crippen LogP contribution in [0.4, 0.5) is 8.78 Å². The third-order valence-corrected chi connectivity index (χ3v) is 3.09. The van der Waals surface area contributed by atoms with Crippen molar-refractivity contribution in [3.8, 4) is 0 Å². The first kappa shape index (κ1) is 10.9. The molecular weight excluding hydrogens is 172 g/mol. The molecule has 1 aliphatic rings. The molecule has 1 N–H and O–H groups in total. The summed E-state index contributed by atoms with van der Waals surface area (Å²) in [6, 6.07) is -0.595. The standard InChI is InChI=1S/C10H19F2N/c1-7-4-3-5-8(6-7)9(13-2)10(11)12/h7-10,13H,3-6H2,1-2H3. The quantitative estimate of drug-likeness (QED) is 0.723. The smallest absolute Gasteiger partial charge is 0.253 e. The minimum Gasteiger partial charge on any atom is -0.312 e. The van der Waals surface area contributed by atoms with Gasteiger partial charge in [-0.15, -0.1) is 0 Å². The van der Waals surface area contributed by atoms with Gasteiger partial charge in [-0.1, -0.05) is 19.8 Å². The first-order chi connectivity index (χ1) is 6.15. The van der Waals surface area contributed by atoms with Crippen LogP contribution in [0.15, 0.2) is 0 Å². The zero-order chi connectivity index (χ0) is 9.84. The van der Waals surface area contributed by atoms with Crippen LogP contribution in [-0.2, 0) is 0 Å².